The van der Waals surface area contributed by atoms with Crippen LogP contribution in [-0.4, -0.2) is 57.5 Å². The molecule has 0 aliphatic heterocycles. The van der Waals surface area contributed by atoms with Crippen molar-refractivity contribution in [2.75, 3.05) is 10.6 Å². The van der Waals surface area contributed by atoms with Gasteiger partial charge in [-0.2, -0.15) is 4.98 Å². The molecule has 0 saturated heterocycles. The third-order valence-electron chi connectivity index (χ3n) is 6.66. The standard InChI is InChI=1S/C28H20F2N8O2S.C4H4O4/c1-15-5-6-16(26(40)37-28-33-11-12-41-28)13-18(15)23-17-7-8-22(39)38(24-19(29)3-2-4-20(24)30)25(17)36-27(35-23)34-14-21-31-9-10-32-21;5-3(6)1-2-4(7)8/h2-13H,14H2,1H3,(H,31,32)(H,33,37,40)(H,34,35,36);1-2H,(H,5,6)(H,7,8)/b;2-1+. The highest BCUT2D eigenvalue weighted by atomic mass is 32.1. The molecule has 0 aliphatic carbocycles. The molecule has 0 radical (unpaired) electrons. The summed E-state index contributed by atoms with van der Waals surface area (Å²) in [5.74, 6) is -4.07. The topological polar surface area (TPSA) is 205 Å². The minimum absolute atomic E-state index is 0.0227. The number of hydrogen-bond acceptors (Lipinski definition) is 10. The van der Waals surface area contributed by atoms with Crippen LogP contribution in [0, 0.1) is 18.6 Å². The molecule has 0 atom stereocenters. The van der Waals surface area contributed by atoms with E-state index in [2.05, 4.69) is 30.6 Å². The number of carbonyl (C=O) groups is 3. The molecule has 5 N–H and O–H groups in total. The van der Waals surface area contributed by atoms with Crippen molar-refractivity contribution >= 4 is 51.3 Å². The summed E-state index contributed by atoms with van der Waals surface area (Å²) >= 11 is 1.29. The van der Waals surface area contributed by atoms with Crippen molar-refractivity contribution in [3.63, 3.8) is 0 Å². The van der Waals surface area contributed by atoms with Gasteiger partial charge in [-0.1, -0.05) is 12.1 Å². The van der Waals surface area contributed by atoms with Gasteiger partial charge in [0.1, 0.15) is 23.1 Å². The van der Waals surface area contributed by atoms with Gasteiger partial charge in [0.15, 0.2) is 10.8 Å². The summed E-state index contributed by atoms with van der Waals surface area (Å²) in [5.41, 5.74) is 0.752. The summed E-state index contributed by atoms with van der Waals surface area (Å²) in [6.07, 6.45) is 5.95. The predicted octanol–water partition coefficient (Wildman–Crippen LogP) is 4.79. The lowest BCUT2D eigenvalue weighted by Crippen LogP contribution is -2.21. The smallest absolute Gasteiger partial charge is 0.328 e. The number of imidazole rings is 1. The van der Waals surface area contributed by atoms with Crippen molar-refractivity contribution in [1.29, 1.82) is 0 Å². The molecule has 0 bridgehead atoms. The molecule has 0 saturated carbocycles. The number of amides is 1. The highest BCUT2D eigenvalue weighted by Crippen LogP contribution is 2.32. The fraction of sp³-hybridized carbons (Fsp3) is 0.0625. The summed E-state index contributed by atoms with van der Waals surface area (Å²) in [4.78, 5) is 65.6. The molecule has 0 spiro atoms. The average molecular weight is 687 g/mol. The van der Waals surface area contributed by atoms with Gasteiger partial charge in [0.05, 0.1) is 12.2 Å². The van der Waals surface area contributed by atoms with E-state index in [1.807, 2.05) is 6.92 Å². The zero-order chi connectivity index (χ0) is 35.1. The van der Waals surface area contributed by atoms with Crippen LogP contribution < -0.4 is 16.2 Å². The molecule has 17 heteroatoms. The molecule has 248 valence electrons. The highest BCUT2D eigenvalue weighted by Gasteiger charge is 2.21. The van der Waals surface area contributed by atoms with Crippen LogP contribution in [0.4, 0.5) is 19.9 Å². The van der Waals surface area contributed by atoms with Crippen LogP contribution in [0.1, 0.15) is 21.7 Å². The molecule has 4 heterocycles. The number of nitrogens with zero attached hydrogens (tertiary/aromatic N) is 5. The lowest BCUT2D eigenvalue weighted by atomic mass is 9.99. The van der Waals surface area contributed by atoms with Crippen molar-refractivity contribution in [1.82, 2.24) is 29.5 Å². The van der Waals surface area contributed by atoms with E-state index < -0.39 is 34.8 Å². The van der Waals surface area contributed by atoms with Crippen molar-refractivity contribution in [2.45, 2.75) is 13.5 Å². The lowest BCUT2D eigenvalue weighted by Gasteiger charge is -2.16. The first-order valence-corrected chi connectivity index (χ1v) is 15.0. The van der Waals surface area contributed by atoms with Gasteiger partial charge >= 0.3 is 11.9 Å². The SMILES string of the molecule is Cc1ccc(C(=O)Nc2nccs2)cc1-c1nc(NCc2ncc[nH]2)nc2c1ccc(=O)n2-c1c(F)cccc1F.O=C(O)/C=C/C(=O)O. The number of para-hydroxylation sites is 1. The Labute approximate surface area is 278 Å². The summed E-state index contributed by atoms with van der Waals surface area (Å²) < 4.78 is 30.8. The number of aromatic amines is 1. The van der Waals surface area contributed by atoms with E-state index in [0.717, 1.165) is 22.3 Å². The Kier molecular flexibility index (Phi) is 10.2. The molecule has 0 aliphatic rings. The van der Waals surface area contributed by atoms with E-state index in [9.17, 15) is 28.0 Å². The molecule has 49 heavy (non-hydrogen) atoms. The number of carbonyl (C=O) groups excluding carboxylic acids is 1. The number of pyridine rings is 1. The maximum atomic E-state index is 14.9. The van der Waals surface area contributed by atoms with Gasteiger partial charge in [-0.05, 0) is 42.8 Å². The third kappa shape index (κ3) is 8.03. The van der Waals surface area contributed by atoms with Gasteiger partial charge in [0, 0.05) is 58.7 Å². The Morgan fingerprint density at radius 2 is 1.71 bits per heavy atom. The number of nitrogens with one attached hydrogen (secondary N) is 3. The minimum Gasteiger partial charge on any atom is -0.478 e. The van der Waals surface area contributed by atoms with Crippen molar-refractivity contribution in [3.05, 3.63) is 124 Å². The summed E-state index contributed by atoms with van der Waals surface area (Å²) in [7, 11) is 0. The second kappa shape index (κ2) is 14.9. The molecule has 0 fully saturated rings. The van der Waals surface area contributed by atoms with E-state index >= 15 is 0 Å². The Balaban J connectivity index is 0.000000523. The highest BCUT2D eigenvalue weighted by molar-refractivity contribution is 7.13. The number of carboxylic acids is 2. The fourth-order valence-electron chi connectivity index (χ4n) is 4.49. The first kappa shape index (κ1) is 33.7. The van der Waals surface area contributed by atoms with E-state index in [-0.39, 0.29) is 24.0 Å². The average Bonchev–Trinajstić information content (AvgIpc) is 3.79. The second-order valence-corrected chi connectivity index (χ2v) is 10.8. The van der Waals surface area contributed by atoms with Gasteiger partial charge in [-0.15, -0.1) is 11.3 Å². The van der Waals surface area contributed by atoms with Crippen LogP contribution >= 0.6 is 11.3 Å². The number of fused-ring (bicyclic) bond motifs is 1. The normalized spacial score (nSPS) is 10.8. The van der Waals surface area contributed by atoms with Gasteiger partial charge in [0.25, 0.3) is 11.5 Å². The zero-order valence-corrected chi connectivity index (χ0v) is 26.0. The van der Waals surface area contributed by atoms with Gasteiger partial charge < -0.3 is 20.5 Å². The molecule has 6 aromatic rings. The Morgan fingerprint density at radius 3 is 2.35 bits per heavy atom. The quantitative estimate of drug-likeness (QED) is 0.131. The first-order valence-electron chi connectivity index (χ1n) is 14.1. The van der Waals surface area contributed by atoms with Crippen molar-refractivity contribution in [3.8, 4) is 16.9 Å². The number of anilines is 2. The monoisotopic (exact) mass is 686 g/mol. The number of benzene rings is 2. The molecular weight excluding hydrogens is 662 g/mol. The predicted molar refractivity (Wildman–Crippen MR) is 176 cm³/mol. The van der Waals surface area contributed by atoms with Crippen LogP contribution in [0.15, 0.2) is 89.4 Å². The number of hydrogen-bond donors (Lipinski definition) is 5. The summed E-state index contributed by atoms with van der Waals surface area (Å²) in [6, 6.07) is 11.1. The molecule has 14 nitrogen and oxygen atoms in total. The number of thiazole rings is 1. The summed E-state index contributed by atoms with van der Waals surface area (Å²) in [6.45, 7) is 2.05. The Hall–Kier alpha value is -6.62. The van der Waals surface area contributed by atoms with E-state index in [1.54, 1.807) is 42.2 Å². The summed E-state index contributed by atoms with van der Waals surface area (Å²) in [5, 5.41) is 24.0. The van der Waals surface area contributed by atoms with Gasteiger partial charge in [0.2, 0.25) is 5.95 Å². The number of carboxylic acid groups (broad SMARTS) is 2. The van der Waals surface area contributed by atoms with Crippen LogP contribution in [0.25, 0.3) is 28.0 Å². The number of aromatic nitrogens is 6. The molecule has 0 unspecified atom stereocenters. The molecular formula is C32H24F2N8O6S. The second-order valence-electron chi connectivity index (χ2n) is 9.93. The molecule has 4 aromatic heterocycles. The first-order chi connectivity index (χ1) is 23.5. The Morgan fingerprint density at radius 1 is 0.980 bits per heavy atom. The van der Waals surface area contributed by atoms with Crippen LogP contribution in [0.3, 0.4) is 0 Å². The number of halogens is 2. The number of aliphatic carboxylic acids is 2. The fourth-order valence-corrected chi connectivity index (χ4v) is 5.01. The van der Waals surface area contributed by atoms with Crippen LogP contribution in [-0.2, 0) is 16.1 Å². The van der Waals surface area contributed by atoms with E-state index in [1.165, 1.54) is 29.5 Å². The maximum absolute atomic E-state index is 14.9. The van der Waals surface area contributed by atoms with Gasteiger partial charge in [-0.25, -0.2) is 33.3 Å². The lowest BCUT2D eigenvalue weighted by molar-refractivity contribution is -0.134. The number of H-pyrrole nitrogens is 1. The van der Waals surface area contributed by atoms with Crippen LogP contribution in [0.5, 0.6) is 0 Å². The third-order valence-corrected chi connectivity index (χ3v) is 7.34. The van der Waals surface area contributed by atoms with Crippen molar-refractivity contribution < 1.29 is 33.4 Å². The largest absolute Gasteiger partial charge is 0.478 e. The van der Waals surface area contributed by atoms with Crippen LogP contribution in [0.2, 0.25) is 0 Å². The number of aryl methyl sites for hydroxylation is 1. The molecule has 1 amide bonds. The van der Waals surface area contributed by atoms with Crippen molar-refractivity contribution in [2.24, 2.45) is 0 Å². The minimum atomic E-state index is -1.26. The molecule has 2 aromatic carbocycles. The molecule has 6 rings (SSSR count). The van der Waals surface area contributed by atoms with E-state index in [0.29, 0.717) is 45.3 Å². The Bertz CT molecular complexity index is 2220. The maximum Gasteiger partial charge on any atom is 0.328 e. The van der Waals surface area contributed by atoms with Gasteiger partial charge in [-0.3, -0.25) is 19.5 Å². The number of rotatable bonds is 9. The zero-order valence-electron chi connectivity index (χ0n) is 25.2. The van der Waals surface area contributed by atoms with E-state index in [4.69, 9.17) is 15.2 Å².